The number of aromatic nitrogens is 2. The molecule has 3 heterocycles. The van der Waals surface area contributed by atoms with Crippen molar-refractivity contribution in [2.24, 2.45) is 0 Å². The number of hydrogen-bond donors (Lipinski definition) is 1. The number of pyridine rings is 1. The van der Waals surface area contributed by atoms with E-state index in [2.05, 4.69) is 32.5 Å². The second-order valence-electron chi connectivity index (χ2n) is 5.73. The molecule has 0 bridgehead atoms. The van der Waals surface area contributed by atoms with Crippen molar-refractivity contribution in [3.63, 3.8) is 0 Å². The van der Waals surface area contributed by atoms with Crippen LogP contribution in [0.2, 0.25) is 0 Å². The van der Waals surface area contributed by atoms with E-state index in [0.29, 0.717) is 5.92 Å². The molecule has 21 heavy (non-hydrogen) atoms. The number of hydrogen-bond acceptors (Lipinski definition) is 5. The Morgan fingerprint density at radius 2 is 2.33 bits per heavy atom. The number of rotatable bonds is 4. The van der Waals surface area contributed by atoms with Crippen molar-refractivity contribution in [2.75, 3.05) is 25.5 Å². The van der Waals surface area contributed by atoms with Crippen LogP contribution in [-0.4, -0.2) is 35.2 Å². The summed E-state index contributed by atoms with van der Waals surface area (Å²) in [6, 6.07) is 6.32. The molecule has 0 aliphatic carbocycles. The third-order valence-electron chi connectivity index (χ3n) is 4.08. The van der Waals surface area contributed by atoms with Gasteiger partial charge in [0.05, 0.1) is 5.69 Å². The Bertz CT molecular complexity index is 595. The molecule has 112 valence electrons. The first-order valence-corrected chi connectivity index (χ1v) is 7.53. The van der Waals surface area contributed by atoms with Crippen molar-refractivity contribution in [3.05, 3.63) is 41.4 Å². The van der Waals surface area contributed by atoms with Gasteiger partial charge in [0.25, 0.3) is 0 Å². The fourth-order valence-corrected chi connectivity index (χ4v) is 3.03. The molecule has 1 saturated heterocycles. The fourth-order valence-electron chi connectivity index (χ4n) is 3.03. The maximum atomic E-state index is 5.15. The summed E-state index contributed by atoms with van der Waals surface area (Å²) in [5, 5.41) is 7.21. The third-order valence-corrected chi connectivity index (χ3v) is 4.08. The predicted molar refractivity (Wildman–Crippen MR) is 82.3 cm³/mol. The summed E-state index contributed by atoms with van der Waals surface area (Å²) in [7, 11) is 1.91. The Labute approximate surface area is 125 Å². The van der Waals surface area contributed by atoms with E-state index >= 15 is 0 Å². The van der Waals surface area contributed by atoms with Crippen LogP contribution in [0.5, 0.6) is 0 Å². The van der Waals surface area contributed by atoms with Gasteiger partial charge in [-0.1, -0.05) is 5.16 Å². The van der Waals surface area contributed by atoms with Crippen LogP contribution in [0, 0.1) is 6.92 Å². The Kier molecular flexibility index (Phi) is 4.20. The highest BCUT2D eigenvalue weighted by Crippen LogP contribution is 2.28. The molecule has 0 unspecified atom stereocenters. The normalized spacial score (nSPS) is 19.6. The van der Waals surface area contributed by atoms with Crippen LogP contribution in [0.1, 0.15) is 35.8 Å². The number of nitrogens with zero attached hydrogens (tertiary/aromatic N) is 3. The minimum Gasteiger partial charge on any atom is -0.373 e. The molecule has 2 aromatic rings. The van der Waals surface area contributed by atoms with E-state index < -0.39 is 0 Å². The smallest absolute Gasteiger partial charge is 0.133 e. The van der Waals surface area contributed by atoms with Crippen molar-refractivity contribution >= 4 is 5.82 Å². The lowest BCUT2D eigenvalue weighted by molar-refractivity contribution is 0.195. The minimum atomic E-state index is 0.571. The standard InChI is InChI=1S/C16H22N4O/c1-12-8-15(19-21-12)11-20-7-3-4-14(10-20)13-5-6-18-16(9-13)17-2/h5-6,8-9,14H,3-4,7,10-11H2,1-2H3,(H,17,18)/t14-/m1/s1. The molecule has 0 aromatic carbocycles. The van der Waals surface area contributed by atoms with E-state index in [9.17, 15) is 0 Å². The van der Waals surface area contributed by atoms with E-state index in [4.69, 9.17) is 4.52 Å². The van der Waals surface area contributed by atoms with Crippen LogP contribution in [-0.2, 0) is 6.54 Å². The SMILES string of the molecule is CNc1cc([C@@H]2CCCN(Cc3cc(C)on3)C2)ccn1. The monoisotopic (exact) mass is 286 g/mol. The van der Waals surface area contributed by atoms with Crippen LogP contribution in [0.25, 0.3) is 0 Å². The van der Waals surface area contributed by atoms with Gasteiger partial charge >= 0.3 is 0 Å². The molecule has 1 atom stereocenters. The molecule has 0 saturated carbocycles. The van der Waals surface area contributed by atoms with Gasteiger partial charge in [0.1, 0.15) is 11.6 Å². The molecule has 0 amide bonds. The van der Waals surface area contributed by atoms with Crippen LogP contribution < -0.4 is 5.32 Å². The zero-order valence-corrected chi connectivity index (χ0v) is 12.7. The van der Waals surface area contributed by atoms with Crippen molar-refractivity contribution < 1.29 is 4.52 Å². The van der Waals surface area contributed by atoms with E-state index in [1.807, 2.05) is 26.2 Å². The summed E-state index contributed by atoms with van der Waals surface area (Å²) in [5.74, 6) is 2.39. The van der Waals surface area contributed by atoms with Crippen LogP contribution >= 0.6 is 0 Å². The zero-order valence-electron chi connectivity index (χ0n) is 12.7. The maximum absolute atomic E-state index is 5.15. The average molecular weight is 286 g/mol. The van der Waals surface area contributed by atoms with Gasteiger partial charge in [-0.25, -0.2) is 4.98 Å². The summed E-state index contributed by atoms with van der Waals surface area (Å²) in [6.07, 6.45) is 4.35. The molecule has 0 radical (unpaired) electrons. The number of nitrogens with one attached hydrogen (secondary N) is 1. The Hall–Kier alpha value is -1.88. The fraction of sp³-hybridized carbons (Fsp3) is 0.500. The molecule has 1 fully saturated rings. The molecular formula is C16H22N4O. The lowest BCUT2D eigenvalue weighted by atomic mass is 9.91. The first-order chi connectivity index (χ1) is 10.2. The predicted octanol–water partition coefficient (Wildman–Crippen LogP) is 2.80. The van der Waals surface area contributed by atoms with Gasteiger partial charge in [-0.3, -0.25) is 4.90 Å². The van der Waals surface area contributed by atoms with Crippen molar-refractivity contribution in [3.8, 4) is 0 Å². The van der Waals surface area contributed by atoms with Gasteiger partial charge in [-0.15, -0.1) is 0 Å². The average Bonchev–Trinajstić information content (AvgIpc) is 2.93. The van der Waals surface area contributed by atoms with Crippen LogP contribution in [0.15, 0.2) is 28.9 Å². The Morgan fingerprint density at radius 3 is 3.10 bits per heavy atom. The number of anilines is 1. The summed E-state index contributed by atoms with van der Waals surface area (Å²) in [6.45, 7) is 5.01. The van der Waals surface area contributed by atoms with Gasteiger partial charge in [-0.05, 0) is 49.9 Å². The number of likely N-dealkylation sites (tertiary alicyclic amines) is 1. The highest BCUT2D eigenvalue weighted by molar-refractivity contribution is 5.38. The summed E-state index contributed by atoms with van der Waals surface area (Å²) < 4.78 is 5.15. The van der Waals surface area contributed by atoms with Gasteiger partial charge < -0.3 is 9.84 Å². The lowest BCUT2D eigenvalue weighted by Crippen LogP contribution is -2.34. The van der Waals surface area contributed by atoms with E-state index in [0.717, 1.165) is 36.9 Å². The quantitative estimate of drug-likeness (QED) is 0.936. The minimum absolute atomic E-state index is 0.571. The van der Waals surface area contributed by atoms with Crippen molar-refractivity contribution in [1.29, 1.82) is 0 Å². The van der Waals surface area contributed by atoms with Gasteiger partial charge in [0, 0.05) is 32.4 Å². The highest BCUT2D eigenvalue weighted by atomic mass is 16.5. The van der Waals surface area contributed by atoms with Gasteiger partial charge in [-0.2, -0.15) is 0 Å². The zero-order chi connectivity index (χ0) is 14.7. The first kappa shape index (κ1) is 14.1. The highest BCUT2D eigenvalue weighted by Gasteiger charge is 2.22. The molecule has 1 aliphatic heterocycles. The topological polar surface area (TPSA) is 54.2 Å². The maximum Gasteiger partial charge on any atom is 0.133 e. The van der Waals surface area contributed by atoms with Gasteiger partial charge in [0.2, 0.25) is 0 Å². The molecule has 1 N–H and O–H groups in total. The molecule has 5 heteroatoms. The Morgan fingerprint density at radius 1 is 1.43 bits per heavy atom. The molecule has 0 spiro atoms. The second-order valence-corrected chi connectivity index (χ2v) is 5.73. The van der Waals surface area contributed by atoms with Crippen molar-refractivity contribution in [1.82, 2.24) is 15.0 Å². The molecule has 3 rings (SSSR count). The molecule has 5 nitrogen and oxygen atoms in total. The van der Waals surface area contributed by atoms with Crippen LogP contribution in [0.3, 0.4) is 0 Å². The van der Waals surface area contributed by atoms with Crippen LogP contribution in [0.4, 0.5) is 5.82 Å². The lowest BCUT2D eigenvalue weighted by Gasteiger charge is -2.32. The molecular weight excluding hydrogens is 264 g/mol. The van der Waals surface area contributed by atoms with Gasteiger partial charge in [0.15, 0.2) is 0 Å². The first-order valence-electron chi connectivity index (χ1n) is 7.53. The molecule has 2 aromatic heterocycles. The number of aryl methyl sites for hydroxylation is 1. The van der Waals surface area contributed by atoms with E-state index in [-0.39, 0.29) is 0 Å². The summed E-state index contributed by atoms with van der Waals surface area (Å²) >= 11 is 0. The number of piperidine rings is 1. The van der Waals surface area contributed by atoms with E-state index in [1.165, 1.54) is 18.4 Å². The largest absolute Gasteiger partial charge is 0.373 e. The second kappa shape index (κ2) is 6.26. The summed E-state index contributed by atoms with van der Waals surface area (Å²) in [5.41, 5.74) is 2.40. The Balaban J connectivity index is 1.67. The summed E-state index contributed by atoms with van der Waals surface area (Å²) in [4.78, 5) is 6.76. The third kappa shape index (κ3) is 3.42. The molecule has 1 aliphatic rings. The van der Waals surface area contributed by atoms with Crippen molar-refractivity contribution in [2.45, 2.75) is 32.2 Å². The van der Waals surface area contributed by atoms with E-state index in [1.54, 1.807) is 0 Å².